The third kappa shape index (κ3) is 4.54. The number of aryl methyl sites for hydroxylation is 1. The number of aliphatic carboxylic acids is 1. The number of fused-ring (bicyclic) bond motifs is 1. The Hall–Kier alpha value is -3.55. The van der Waals surface area contributed by atoms with Crippen LogP contribution in [-0.2, 0) is 11.3 Å². The van der Waals surface area contributed by atoms with Crippen LogP contribution in [0, 0.1) is 6.92 Å². The van der Waals surface area contributed by atoms with E-state index in [9.17, 15) is 9.59 Å². The number of carboxylic acids is 1. The van der Waals surface area contributed by atoms with Crippen LogP contribution >= 0.6 is 23.2 Å². The first kappa shape index (κ1) is 21.7. The Kier molecular flexibility index (Phi) is 6.03. The monoisotopic (exact) mass is 469 g/mol. The molecule has 0 saturated carbocycles. The highest BCUT2D eigenvalue weighted by molar-refractivity contribution is 6.42. The highest BCUT2D eigenvalue weighted by Crippen LogP contribution is 2.31. The van der Waals surface area contributed by atoms with Crippen LogP contribution in [0.15, 0.2) is 60.7 Å². The minimum absolute atomic E-state index is 0.182. The van der Waals surface area contributed by atoms with E-state index in [2.05, 4.69) is 10.3 Å². The van der Waals surface area contributed by atoms with Gasteiger partial charge in [0.2, 0.25) is 0 Å². The predicted octanol–water partition coefficient (Wildman–Crippen LogP) is 5.78. The number of carbonyl (C=O) groups excluding carboxylic acids is 1. The summed E-state index contributed by atoms with van der Waals surface area (Å²) in [5, 5.41) is 12.6. The van der Waals surface area contributed by atoms with Crippen LogP contribution in [0.25, 0.3) is 11.0 Å². The van der Waals surface area contributed by atoms with Gasteiger partial charge in [-0.25, -0.2) is 4.98 Å². The normalized spacial score (nSPS) is 10.8. The maximum Gasteiger partial charge on any atom is 0.323 e. The van der Waals surface area contributed by atoms with E-state index in [1.165, 1.54) is 6.07 Å². The fourth-order valence-electron chi connectivity index (χ4n) is 3.23. The van der Waals surface area contributed by atoms with Gasteiger partial charge in [-0.3, -0.25) is 9.59 Å². The maximum absolute atomic E-state index is 12.4. The average Bonchev–Trinajstić information content (AvgIpc) is 3.07. The predicted molar refractivity (Wildman–Crippen MR) is 123 cm³/mol. The minimum Gasteiger partial charge on any atom is -0.480 e. The third-order valence-electron chi connectivity index (χ3n) is 4.75. The van der Waals surface area contributed by atoms with E-state index in [-0.39, 0.29) is 12.5 Å². The van der Waals surface area contributed by atoms with Crippen LogP contribution in [0.2, 0.25) is 10.0 Å². The summed E-state index contributed by atoms with van der Waals surface area (Å²) in [6, 6.07) is 16.8. The first-order valence-corrected chi connectivity index (χ1v) is 10.3. The van der Waals surface area contributed by atoms with Crippen LogP contribution in [-0.4, -0.2) is 26.5 Å². The smallest absolute Gasteiger partial charge is 0.323 e. The zero-order valence-corrected chi connectivity index (χ0v) is 18.3. The Bertz CT molecular complexity index is 1330. The van der Waals surface area contributed by atoms with Crippen LogP contribution < -0.4 is 10.1 Å². The second-order valence-electron chi connectivity index (χ2n) is 6.97. The van der Waals surface area contributed by atoms with Gasteiger partial charge in [0.1, 0.15) is 23.6 Å². The second kappa shape index (κ2) is 8.90. The quantitative estimate of drug-likeness (QED) is 0.373. The van der Waals surface area contributed by atoms with Crippen molar-refractivity contribution in [3.63, 3.8) is 0 Å². The number of aromatic nitrogens is 2. The number of rotatable bonds is 6. The topological polar surface area (TPSA) is 93.5 Å². The zero-order chi connectivity index (χ0) is 22.8. The lowest BCUT2D eigenvalue weighted by Crippen LogP contribution is -2.11. The molecule has 0 radical (unpaired) electrons. The molecule has 0 aliphatic rings. The summed E-state index contributed by atoms with van der Waals surface area (Å²) in [6.07, 6.45) is 0. The molecule has 4 rings (SSSR count). The largest absolute Gasteiger partial charge is 0.480 e. The number of nitrogens with one attached hydrogen (secondary N) is 1. The minimum atomic E-state index is -0.947. The number of anilines is 1. The van der Waals surface area contributed by atoms with E-state index in [1.807, 2.05) is 0 Å². The first-order valence-electron chi connectivity index (χ1n) is 9.54. The molecule has 9 heteroatoms. The van der Waals surface area contributed by atoms with Crippen molar-refractivity contribution in [2.45, 2.75) is 13.5 Å². The van der Waals surface area contributed by atoms with Crippen molar-refractivity contribution in [3.8, 4) is 11.5 Å². The van der Waals surface area contributed by atoms with Gasteiger partial charge in [0.25, 0.3) is 5.91 Å². The van der Waals surface area contributed by atoms with Crippen LogP contribution in [0.1, 0.15) is 16.2 Å². The maximum atomic E-state index is 12.4. The summed E-state index contributed by atoms with van der Waals surface area (Å²) in [5.41, 5.74) is 2.21. The van der Waals surface area contributed by atoms with Crippen LogP contribution in [0.5, 0.6) is 11.5 Å². The zero-order valence-electron chi connectivity index (χ0n) is 16.8. The van der Waals surface area contributed by atoms with Crippen molar-refractivity contribution in [2.75, 3.05) is 5.32 Å². The summed E-state index contributed by atoms with van der Waals surface area (Å²) in [7, 11) is 0. The highest BCUT2D eigenvalue weighted by Gasteiger charge is 2.14. The van der Waals surface area contributed by atoms with E-state index in [4.69, 9.17) is 33.0 Å². The molecule has 2 N–H and O–H groups in total. The highest BCUT2D eigenvalue weighted by atomic mass is 35.5. The van der Waals surface area contributed by atoms with Gasteiger partial charge in [-0.15, -0.1) is 0 Å². The summed E-state index contributed by atoms with van der Waals surface area (Å²) in [6.45, 7) is 1.57. The molecule has 3 aromatic carbocycles. The Morgan fingerprint density at radius 3 is 2.50 bits per heavy atom. The van der Waals surface area contributed by atoms with Gasteiger partial charge < -0.3 is 19.7 Å². The molecule has 162 valence electrons. The summed E-state index contributed by atoms with van der Waals surface area (Å²) < 4.78 is 7.59. The molecule has 0 unspecified atom stereocenters. The van der Waals surface area contributed by atoms with E-state index in [1.54, 1.807) is 66.1 Å². The number of imidazole rings is 1. The molecular weight excluding hydrogens is 453 g/mol. The number of hydrogen-bond donors (Lipinski definition) is 2. The van der Waals surface area contributed by atoms with E-state index < -0.39 is 5.97 Å². The van der Waals surface area contributed by atoms with Crippen molar-refractivity contribution < 1.29 is 19.4 Å². The molecular formula is C23H17Cl2N3O4. The van der Waals surface area contributed by atoms with Crippen molar-refractivity contribution in [3.05, 3.63) is 82.1 Å². The number of ether oxygens (including phenoxy) is 1. The fraction of sp³-hybridized carbons (Fsp3) is 0.0870. The number of amides is 1. The summed E-state index contributed by atoms with van der Waals surface area (Å²) >= 11 is 11.9. The van der Waals surface area contributed by atoms with E-state index in [0.717, 1.165) is 0 Å². The third-order valence-corrected chi connectivity index (χ3v) is 5.49. The SMILES string of the molecule is Cc1nc2c(Oc3ccc(NC(=O)c4ccc(Cl)c(Cl)c4)cc3)cccc2n1CC(=O)O. The molecule has 1 heterocycles. The molecule has 1 amide bonds. The number of benzene rings is 3. The Balaban J connectivity index is 1.51. The van der Waals surface area contributed by atoms with Crippen LogP contribution in [0.3, 0.4) is 0 Å². The van der Waals surface area contributed by atoms with Crippen molar-refractivity contribution in [1.29, 1.82) is 0 Å². The number of carbonyl (C=O) groups is 2. The lowest BCUT2D eigenvalue weighted by molar-refractivity contribution is -0.137. The fourth-order valence-corrected chi connectivity index (χ4v) is 3.53. The summed E-state index contributed by atoms with van der Waals surface area (Å²) in [4.78, 5) is 28.0. The molecule has 0 spiro atoms. The van der Waals surface area contributed by atoms with Gasteiger partial charge >= 0.3 is 5.97 Å². The molecule has 32 heavy (non-hydrogen) atoms. The Morgan fingerprint density at radius 2 is 1.81 bits per heavy atom. The molecule has 0 bridgehead atoms. The van der Waals surface area contributed by atoms with E-state index >= 15 is 0 Å². The van der Waals surface area contributed by atoms with Gasteiger partial charge in [0, 0.05) is 11.3 Å². The molecule has 0 saturated heterocycles. The first-order chi connectivity index (χ1) is 15.3. The number of hydrogen-bond acceptors (Lipinski definition) is 4. The van der Waals surface area contributed by atoms with Gasteiger partial charge in [-0.1, -0.05) is 29.3 Å². The number of para-hydroxylation sites is 1. The Labute approximate surface area is 193 Å². The average molecular weight is 470 g/mol. The molecule has 1 aromatic heterocycles. The van der Waals surface area contributed by atoms with Gasteiger partial charge in [0.05, 0.1) is 15.6 Å². The standard InChI is InChI=1S/C23H17Cl2N3O4/c1-13-26-22-19(28(13)12-21(29)30)3-2-4-20(22)32-16-8-6-15(7-9-16)27-23(31)14-5-10-17(24)18(25)11-14/h2-11H,12H2,1H3,(H,27,31)(H,29,30). The molecule has 4 aromatic rings. The van der Waals surface area contributed by atoms with Crippen molar-refractivity contribution in [1.82, 2.24) is 9.55 Å². The molecule has 0 atom stereocenters. The lowest BCUT2D eigenvalue weighted by atomic mass is 10.2. The van der Waals surface area contributed by atoms with Crippen molar-refractivity contribution >= 4 is 51.8 Å². The molecule has 7 nitrogen and oxygen atoms in total. The molecule has 0 aliphatic heterocycles. The van der Waals surface area contributed by atoms with Gasteiger partial charge in [-0.2, -0.15) is 0 Å². The lowest BCUT2D eigenvalue weighted by Gasteiger charge is -2.09. The number of nitrogens with zero attached hydrogens (tertiary/aromatic N) is 2. The molecule has 0 aliphatic carbocycles. The van der Waals surface area contributed by atoms with Gasteiger partial charge in [-0.05, 0) is 61.5 Å². The summed E-state index contributed by atoms with van der Waals surface area (Å²) in [5.74, 6) is 0.357. The number of halogens is 2. The van der Waals surface area contributed by atoms with Gasteiger partial charge in [0.15, 0.2) is 5.75 Å². The Morgan fingerprint density at radius 1 is 1.06 bits per heavy atom. The van der Waals surface area contributed by atoms with Crippen LogP contribution in [0.4, 0.5) is 5.69 Å². The van der Waals surface area contributed by atoms with Crippen molar-refractivity contribution in [2.24, 2.45) is 0 Å². The second-order valence-corrected chi connectivity index (χ2v) is 7.79. The molecule has 0 fully saturated rings. The number of carboxylic acid groups (broad SMARTS) is 1. The van der Waals surface area contributed by atoms with E-state index in [0.29, 0.717) is 49.7 Å².